The third-order valence-electron chi connectivity index (χ3n) is 3.03. The van der Waals surface area contributed by atoms with E-state index in [1.54, 1.807) is 13.8 Å². The summed E-state index contributed by atoms with van der Waals surface area (Å²) in [7, 11) is 0. The first kappa shape index (κ1) is 15.2. The van der Waals surface area contributed by atoms with Crippen LogP contribution in [-0.4, -0.2) is 32.8 Å². The molecule has 1 amide bonds. The molecule has 0 aromatic carbocycles. The Hall–Kier alpha value is -1.85. The van der Waals surface area contributed by atoms with Gasteiger partial charge in [-0.05, 0) is 27.2 Å². The van der Waals surface area contributed by atoms with Gasteiger partial charge in [0.15, 0.2) is 0 Å². The molecule has 1 aromatic rings. The number of nitrogens with one attached hydrogen (secondary N) is 1. The van der Waals surface area contributed by atoms with Crippen LogP contribution in [0.2, 0.25) is 0 Å². The zero-order chi connectivity index (χ0) is 14.6. The number of hydrogen-bond donors (Lipinski definition) is 2. The van der Waals surface area contributed by atoms with Crippen molar-refractivity contribution in [3.8, 4) is 0 Å². The van der Waals surface area contributed by atoms with Gasteiger partial charge >= 0.3 is 5.97 Å². The van der Waals surface area contributed by atoms with Gasteiger partial charge in [-0.3, -0.25) is 9.48 Å². The van der Waals surface area contributed by atoms with Crippen molar-refractivity contribution in [1.29, 1.82) is 0 Å². The van der Waals surface area contributed by atoms with Crippen LogP contribution in [0.4, 0.5) is 0 Å². The normalized spacial score (nSPS) is 13.9. The van der Waals surface area contributed by atoms with Crippen LogP contribution in [0.15, 0.2) is 6.20 Å². The maximum atomic E-state index is 12.0. The summed E-state index contributed by atoms with van der Waals surface area (Å²) in [6.07, 6.45) is 3.31. The Morgan fingerprint density at radius 2 is 2.11 bits per heavy atom. The summed E-state index contributed by atoms with van der Waals surface area (Å²) in [4.78, 5) is 22.9. The topological polar surface area (TPSA) is 84.2 Å². The molecule has 0 aliphatic heterocycles. The predicted octanol–water partition coefficient (Wildman–Crippen LogP) is 1.76. The maximum absolute atomic E-state index is 12.0. The van der Waals surface area contributed by atoms with Gasteiger partial charge in [0.1, 0.15) is 11.6 Å². The molecule has 0 saturated carbocycles. The van der Waals surface area contributed by atoms with Crippen molar-refractivity contribution in [3.63, 3.8) is 0 Å². The van der Waals surface area contributed by atoms with E-state index in [9.17, 15) is 9.59 Å². The van der Waals surface area contributed by atoms with Crippen LogP contribution in [0.1, 0.15) is 55.7 Å². The van der Waals surface area contributed by atoms with E-state index in [2.05, 4.69) is 17.3 Å². The van der Waals surface area contributed by atoms with E-state index in [-0.39, 0.29) is 17.5 Å². The fraction of sp³-hybridized carbons (Fsp3) is 0.615. The summed E-state index contributed by atoms with van der Waals surface area (Å²) in [6, 6.07) is -0.415. The number of aromatic nitrogens is 2. The number of carbonyl (C=O) groups is 2. The lowest BCUT2D eigenvalue weighted by molar-refractivity contribution is -0.124. The summed E-state index contributed by atoms with van der Waals surface area (Å²) in [6.45, 7) is 7.32. The van der Waals surface area contributed by atoms with E-state index in [1.165, 1.54) is 10.9 Å². The van der Waals surface area contributed by atoms with Crippen LogP contribution >= 0.6 is 0 Å². The fourth-order valence-corrected chi connectivity index (χ4v) is 1.88. The Morgan fingerprint density at radius 1 is 1.47 bits per heavy atom. The van der Waals surface area contributed by atoms with Gasteiger partial charge in [0, 0.05) is 12.2 Å². The molecule has 1 aromatic heterocycles. The van der Waals surface area contributed by atoms with E-state index < -0.39 is 12.0 Å². The van der Waals surface area contributed by atoms with Crippen molar-refractivity contribution in [2.75, 3.05) is 0 Å². The van der Waals surface area contributed by atoms with Gasteiger partial charge < -0.3 is 10.4 Å². The van der Waals surface area contributed by atoms with E-state index >= 15 is 0 Å². The van der Waals surface area contributed by atoms with Crippen LogP contribution in [0.3, 0.4) is 0 Å². The lowest BCUT2D eigenvalue weighted by atomic mass is 10.2. The van der Waals surface area contributed by atoms with Gasteiger partial charge in [0.25, 0.3) is 0 Å². The second-order valence-electron chi connectivity index (χ2n) is 4.79. The first-order valence-electron chi connectivity index (χ1n) is 6.46. The van der Waals surface area contributed by atoms with Gasteiger partial charge in [-0.1, -0.05) is 13.3 Å². The number of nitrogens with zero attached hydrogens (tertiary/aromatic N) is 2. The molecule has 19 heavy (non-hydrogen) atoms. The van der Waals surface area contributed by atoms with Crippen LogP contribution in [0, 0.1) is 6.92 Å². The molecular formula is C13H21N3O3. The Morgan fingerprint density at radius 3 is 2.58 bits per heavy atom. The van der Waals surface area contributed by atoms with Crippen molar-refractivity contribution < 1.29 is 14.7 Å². The smallest absolute Gasteiger partial charge is 0.339 e. The van der Waals surface area contributed by atoms with E-state index in [0.29, 0.717) is 5.69 Å². The summed E-state index contributed by atoms with van der Waals surface area (Å²) in [5.41, 5.74) is 0.537. The van der Waals surface area contributed by atoms with Gasteiger partial charge in [0.05, 0.1) is 5.69 Å². The van der Waals surface area contributed by atoms with Gasteiger partial charge in [-0.2, -0.15) is 5.10 Å². The molecule has 6 heteroatoms. The molecule has 0 radical (unpaired) electrons. The lowest BCUT2D eigenvalue weighted by Gasteiger charge is -2.17. The number of carboxylic acids is 1. The third-order valence-corrected chi connectivity index (χ3v) is 3.03. The number of hydrogen-bond acceptors (Lipinski definition) is 3. The molecule has 0 bridgehead atoms. The van der Waals surface area contributed by atoms with Crippen molar-refractivity contribution in [1.82, 2.24) is 15.1 Å². The summed E-state index contributed by atoms with van der Waals surface area (Å²) in [5.74, 6) is -1.18. The highest BCUT2D eigenvalue weighted by atomic mass is 16.4. The van der Waals surface area contributed by atoms with Crippen LogP contribution in [-0.2, 0) is 4.79 Å². The van der Waals surface area contributed by atoms with Gasteiger partial charge in [-0.15, -0.1) is 0 Å². The Kier molecular flexibility index (Phi) is 5.09. The largest absolute Gasteiger partial charge is 0.478 e. The molecule has 0 aliphatic carbocycles. The molecule has 0 fully saturated rings. The van der Waals surface area contributed by atoms with Crippen molar-refractivity contribution >= 4 is 11.9 Å². The lowest BCUT2D eigenvalue weighted by Crippen LogP contribution is -2.37. The van der Waals surface area contributed by atoms with Crippen LogP contribution in [0.5, 0.6) is 0 Å². The van der Waals surface area contributed by atoms with Crippen LogP contribution in [0.25, 0.3) is 0 Å². The molecule has 0 aliphatic rings. The SMILES string of the molecule is CCCC(C)NC(=O)C(C)n1cc(C(=O)O)c(C)n1. The van der Waals surface area contributed by atoms with Crippen molar-refractivity contribution in [2.24, 2.45) is 0 Å². The monoisotopic (exact) mass is 267 g/mol. The number of amides is 1. The molecule has 106 valence electrons. The number of carbonyl (C=O) groups excluding carboxylic acids is 1. The van der Waals surface area contributed by atoms with E-state index in [0.717, 1.165) is 12.8 Å². The number of rotatable bonds is 6. The van der Waals surface area contributed by atoms with Gasteiger partial charge in [0.2, 0.25) is 5.91 Å². The quantitative estimate of drug-likeness (QED) is 0.822. The Balaban J connectivity index is 2.77. The molecule has 1 heterocycles. The minimum atomic E-state index is -1.03. The average molecular weight is 267 g/mol. The molecule has 2 N–H and O–H groups in total. The number of aromatic carboxylic acids is 1. The Labute approximate surface area is 112 Å². The highest BCUT2D eigenvalue weighted by Crippen LogP contribution is 2.11. The zero-order valence-corrected chi connectivity index (χ0v) is 11.8. The zero-order valence-electron chi connectivity index (χ0n) is 11.8. The summed E-state index contributed by atoms with van der Waals surface area (Å²) in [5, 5.41) is 15.9. The molecule has 6 nitrogen and oxygen atoms in total. The minimum Gasteiger partial charge on any atom is -0.478 e. The second-order valence-corrected chi connectivity index (χ2v) is 4.79. The fourth-order valence-electron chi connectivity index (χ4n) is 1.88. The van der Waals surface area contributed by atoms with E-state index in [1.807, 2.05) is 6.92 Å². The average Bonchev–Trinajstić information content (AvgIpc) is 2.70. The maximum Gasteiger partial charge on any atom is 0.339 e. The standard InChI is InChI=1S/C13H21N3O3/c1-5-6-8(2)14-12(17)10(4)16-7-11(13(18)19)9(3)15-16/h7-8,10H,5-6H2,1-4H3,(H,14,17)(H,18,19). The van der Waals surface area contributed by atoms with Crippen LogP contribution < -0.4 is 5.32 Å². The summed E-state index contributed by atoms with van der Waals surface area (Å²) >= 11 is 0. The number of carboxylic acid groups (broad SMARTS) is 1. The molecular weight excluding hydrogens is 246 g/mol. The van der Waals surface area contributed by atoms with Gasteiger partial charge in [-0.25, -0.2) is 4.79 Å². The van der Waals surface area contributed by atoms with Crippen molar-refractivity contribution in [3.05, 3.63) is 17.5 Å². The predicted molar refractivity (Wildman–Crippen MR) is 71.1 cm³/mol. The first-order chi connectivity index (χ1) is 8.86. The molecule has 2 atom stereocenters. The van der Waals surface area contributed by atoms with E-state index in [4.69, 9.17) is 5.11 Å². The minimum absolute atomic E-state index is 0.107. The molecule has 0 spiro atoms. The number of aryl methyl sites for hydroxylation is 1. The van der Waals surface area contributed by atoms with Crippen molar-refractivity contribution in [2.45, 2.75) is 52.6 Å². The highest BCUT2D eigenvalue weighted by molar-refractivity contribution is 5.88. The first-order valence-corrected chi connectivity index (χ1v) is 6.46. The third kappa shape index (κ3) is 3.81. The summed E-state index contributed by atoms with van der Waals surface area (Å²) < 4.78 is 1.40. The molecule has 0 saturated heterocycles. The molecule has 1 rings (SSSR count). The second kappa shape index (κ2) is 6.36. The Bertz CT molecular complexity index is 468. The highest BCUT2D eigenvalue weighted by Gasteiger charge is 2.20. The molecule has 2 unspecified atom stereocenters.